The van der Waals surface area contributed by atoms with Crippen LogP contribution in [0.1, 0.15) is 30.3 Å². The van der Waals surface area contributed by atoms with Gasteiger partial charge in [-0.15, -0.1) is 11.8 Å². The Hall–Kier alpha value is -1.56. The molecule has 0 spiro atoms. The molecule has 1 aromatic rings. The van der Waals surface area contributed by atoms with Crippen molar-refractivity contribution in [3.63, 3.8) is 0 Å². The van der Waals surface area contributed by atoms with Gasteiger partial charge in [-0.1, -0.05) is 6.92 Å². The number of hydrogen-bond donors (Lipinski definition) is 1. The van der Waals surface area contributed by atoms with Crippen LogP contribution in [0, 0.1) is 5.92 Å². The topological polar surface area (TPSA) is 70.5 Å². The highest BCUT2D eigenvalue weighted by atomic mass is 32.2. The van der Waals surface area contributed by atoms with Gasteiger partial charge >= 0.3 is 5.97 Å². The molecule has 2 heterocycles. The van der Waals surface area contributed by atoms with E-state index in [2.05, 4.69) is 11.9 Å². The number of rotatable bonds is 4. The van der Waals surface area contributed by atoms with Crippen LogP contribution in [-0.2, 0) is 4.79 Å². The first-order valence-corrected chi connectivity index (χ1v) is 7.64. The van der Waals surface area contributed by atoms with Gasteiger partial charge < -0.3 is 10.0 Å². The summed E-state index contributed by atoms with van der Waals surface area (Å²) in [6, 6.07) is 3.22. The van der Waals surface area contributed by atoms with Crippen molar-refractivity contribution in [1.29, 1.82) is 0 Å². The first kappa shape index (κ1) is 14.8. The summed E-state index contributed by atoms with van der Waals surface area (Å²) in [5, 5.41) is 8.87. The third-order valence-electron chi connectivity index (χ3n) is 3.45. The predicted molar refractivity (Wildman–Crippen MR) is 76.9 cm³/mol. The van der Waals surface area contributed by atoms with Gasteiger partial charge in [-0.05, 0) is 30.9 Å². The number of hydrogen-bond acceptors (Lipinski definition) is 4. The average molecular weight is 294 g/mol. The molecule has 6 heteroatoms. The maximum absolute atomic E-state index is 12.1. The van der Waals surface area contributed by atoms with Crippen LogP contribution in [0.4, 0.5) is 0 Å². The fourth-order valence-electron chi connectivity index (χ4n) is 2.11. The van der Waals surface area contributed by atoms with Gasteiger partial charge in [-0.3, -0.25) is 4.79 Å². The van der Waals surface area contributed by atoms with Crippen LogP contribution in [0.5, 0.6) is 0 Å². The Morgan fingerprint density at radius 3 is 2.80 bits per heavy atom. The summed E-state index contributed by atoms with van der Waals surface area (Å²) in [4.78, 5) is 29.3. The number of aromatic carboxylic acids is 1. The van der Waals surface area contributed by atoms with Crippen molar-refractivity contribution >= 4 is 23.6 Å². The molecule has 1 saturated heterocycles. The number of thioether (sulfide) groups is 1. The van der Waals surface area contributed by atoms with Gasteiger partial charge in [0.1, 0.15) is 5.69 Å². The Kier molecular flexibility index (Phi) is 5.00. The lowest BCUT2D eigenvalue weighted by Crippen LogP contribution is -2.38. The summed E-state index contributed by atoms with van der Waals surface area (Å²) in [7, 11) is 0. The second-order valence-electron chi connectivity index (χ2n) is 5.03. The molecule has 2 rings (SSSR count). The highest BCUT2D eigenvalue weighted by Crippen LogP contribution is 2.21. The molecule has 108 valence electrons. The number of amides is 1. The van der Waals surface area contributed by atoms with Crippen LogP contribution in [0.25, 0.3) is 0 Å². The fraction of sp³-hybridized carbons (Fsp3) is 0.500. The molecule has 0 aliphatic carbocycles. The molecule has 1 fully saturated rings. The van der Waals surface area contributed by atoms with Gasteiger partial charge in [0.2, 0.25) is 5.91 Å². The van der Waals surface area contributed by atoms with Crippen molar-refractivity contribution in [2.24, 2.45) is 5.92 Å². The number of nitrogens with zero attached hydrogens (tertiary/aromatic N) is 2. The molecule has 0 saturated carbocycles. The third-order valence-corrected chi connectivity index (χ3v) is 4.43. The van der Waals surface area contributed by atoms with Gasteiger partial charge in [0, 0.05) is 24.2 Å². The van der Waals surface area contributed by atoms with Crippen molar-refractivity contribution in [2.75, 3.05) is 18.8 Å². The molecule has 1 aromatic heterocycles. The number of likely N-dealkylation sites (tertiary alicyclic amines) is 1. The van der Waals surface area contributed by atoms with E-state index in [1.165, 1.54) is 24.0 Å². The van der Waals surface area contributed by atoms with E-state index >= 15 is 0 Å². The van der Waals surface area contributed by atoms with E-state index in [1.807, 2.05) is 4.90 Å². The first-order valence-electron chi connectivity index (χ1n) is 6.66. The zero-order valence-corrected chi connectivity index (χ0v) is 12.2. The maximum Gasteiger partial charge on any atom is 0.354 e. The van der Waals surface area contributed by atoms with Gasteiger partial charge in [0.25, 0.3) is 0 Å². The highest BCUT2D eigenvalue weighted by Gasteiger charge is 2.20. The van der Waals surface area contributed by atoms with Gasteiger partial charge in [-0.2, -0.15) is 0 Å². The second-order valence-corrected chi connectivity index (χ2v) is 6.08. The Labute approximate surface area is 122 Å². The summed E-state index contributed by atoms with van der Waals surface area (Å²) in [6.07, 6.45) is 3.59. The zero-order valence-electron chi connectivity index (χ0n) is 11.4. The minimum absolute atomic E-state index is 0.00856. The summed E-state index contributed by atoms with van der Waals surface area (Å²) < 4.78 is 0. The minimum Gasteiger partial charge on any atom is -0.477 e. The van der Waals surface area contributed by atoms with Crippen molar-refractivity contribution in [3.05, 3.63) is 24.0 Å². The molecule has 0 aromatic carbocycles. The average Bonchev–Trinajstić information content (AvgIpc) is 2.46. The maximum atomic E-state index is 12.1. The van der Waals surface area contributed by atoms with Crippen molar-refractivity contribution < 1.29 is 14.7 Å². The monoisotopic (exact) mass is 294 g/mol. The van der Waals surface area contributed by atoms with Crippen LogP contribution in [0.15, 0.2) is 23.2 Å². The molecule has 1 N–H and O–H groups in total. The Morgan fingerprint density at radius 2 is 2.15 bits per heavy atom. The number of carbonyl (C=O) groups is 2. The standard InChI is InChI=1S/C14H18N2O3S/c1-10-3-6-16(7-4-10)13(17)9-20-11-2-5-15-12(8-11)14(18)19/h2,5,8,10H,3-4,6-7,9H2,1H3,(H,18,19). The van der Waals surface area contributed by atoms with Crippen LogP contribution in [0.3, 0.4) is 0 Å². The SMILES string of the molecule is CC1CCN(C(=O)CSc2ccnc(C(=O)O)c2)CC1. The van der Waals surface area contributed by atoms with E-state index in [0.717, 1.165) is 30.8 Å². The van der Waals surface area contributed by atoms with Gasteiger partial charge in [-0.25, -0.2) is 9.78 Å². The molecule has 1 aliphatic rings. The molecule has 0 unspecified atom stereocenters. The van der Waals surface area contributed by atoms with E-state index in [4.69, 9.17) is 5.11 Å². The molecule has 5 nitrogen and oxygen atoms in total. The molecule has 0 bridgehead atoms. The molecule has 1 aliphatic heterocycles. The largest absolute Gasteiger partial charge is 0.477 e. The number of carbonyl (C=O) groups excluding carboxylic acids is 1. The Bertz CT molecular complexity index is 499. The summed E-state index contributed by atoms with van der Waals surface area (Å²) >= 11 is 1.36. The fourth-order valence-corrected chi connectivity index (χ4v) is 2.94. The van der Waals surface area contributed by atoms with Crippen molar-refractivity contribution in [1.82, 2.24) is 9.88 Å². The number of carboxylic acids is 1. The first-order chi connectivity index (χ1) is 9.56. The van der Waals surface area contributed by atoms with Crippen LogP contribution in [-0.4, -0.2) is 45.7 Å². The van der Waals surface area contributed by atoms with Crippen molar-refractivity contribution in [3.8, 4) is 0 Å². The molecule has 1 amide bonds. The highest BCUT2D eigenvalue weighted by molar-refractivity contribution is 8.00. The van der Waals surface area contributed by atoms with E-state index < -0.39 is 5.97 Å². The second kappa shape index (κ2) is 6.74. The number of aromatic nitrogens is 1. The minimum atomic E-state index is -1.05. The molecular weight excluding hydrogens is 276 g/mol. The predicted octanol–water partition coefficient (Wildman–Crippen LogP) is 2.13. The van der Waals surface area contributed by atoms with E-state index in [1.54, 1.807) is 6.07 Å². The van der Waals surface area contributed by atoms with E-state index in [-0.39, 0.29) is 11.6 Å². The Balaban J connectivity index is 1.87. The van der Waals surface area contributed by atoms with Gasteiger partial charge in [0.05, 0.1) is 5.75 Å². The summed E-state index contributed by atoms with van der Waals surface area (Å²) in [5.41, 5.74) is 0.00856. The van der Waals surface area contributed by atoms with E-state index in [0.29, 0.717) is 11.7 Å². The summed E-state index contributed by atoms with van der Waals surface area (Å²) in [5.74, 6) is 0.113. The number of piperidine rings is 1. The quantitative estimate of drug-likeness (QED) is 0.861. The zero-order chi connectivity index (χ0) is 14.5. The molecule has 0 atom stereocenters. The lowest BCUT2D eigenvalue weighted by Gasteiger charge is -2.30. The number of carboxylic acid groups (broad SMARTS) is 1. The van der Waals surface area contributed by atoms with Crippen LogP contribution >= 0.6 is 11.8 Å². The lowest BCUT2D eigenvalue weighted by atomic mass is 9.99. The molecule has 20 heavy (non-hydrogen) atoms. The third kappa shape index (κ3) is 3.96. The summed E-state index contributed by atoms with van der Waals surface area (Å²) in [6.45, 7) is 3.87. The van der Waals surface area contributed by atoms with E-state index in [9.17, 15) is 9.59 Å². The lowest BCUT2D eigenvalue weighted by molar-refractivity contribution is -0.129. The smallest absolute Gasteiger partial charge is 0.354 e. The Morgan fingerprint density at radius 1 is 1.45 bits per heavy atom. The normalized spacial score (nSPS) is 16.1. The van der Waals surface area contributed by atoms with Crippen LogP contribution in [0.2, 0.25) is 0 Å². The van der Waals surface area contributed by atoms with Gasteiger partial charge in [0.15, 0.2) is 0 Å². The molecule has 0 radical (unpaired) electrons. The van der Waals surface area contributed by atoms with Crippen LogP contribution < -0.4 is 0 Å². The number of pyridine rings is 1. The molecular formula is C14H18N2O3S. The van der Waals surface area contributed by atoms with Crippen molar-refractivity contribution in [2.45, 2.75) is 24.7 Å².